The van der Waals surface area contributed by atoms with Gasteiger partial charge in [0, 0.05) is 10.0 Å². The van der Waals surface area contributed by atoms with Gasteiger partial charge in [0.25, 0.3) is 0 Å². The molecule has 2 aromatic rings. The molecule has 0 aromatic heterocycles. The molecule has 0 saturated heterocycles. The second kappa shape index (κ2) is 9.09. The lowest BCUT2D eigenvalue weighted by Gasteiger charge is -2.15. The molecule has 5 heteroatoms. The Labute approximate surface area is 144 Å². The van der Waals surface area contributed by atoms with E-state index in [1.54, 1.807) is 13.2 Å². The van der Waals surface area contributed by atoms with Crippen LogP contribution < -0.4 is 4.74 Å². The maximum absolute atomic E-state index is 6.22. The number of benzene rings is 2. The molecule has 22 heavy (non-hydrogen) atoms. The van der Waals surface area contributed by atoms with Crippen LogP contribution in [0.4, 0.5) is 0 Å². The number of methoxy groups -OCH3 is 1. The summed E-state index contributed by atoms with van der Waals surface area (Å²) in [5.41, 5.74) is 2.27. The maximum atomic E-state index is 6.22. The van der Waals surface area contributed by atoms with Gasteiger partial charge in [0.15, 0.2) is 0 Å². The Balaban J connectivity index is 0.000000541. The third-order valence-corrected chi connectivity index (χ3v) is 3.61. The molecule has 2 nitrogen and oxygen atoms in total. The number of halogens is 2. The fourth-order valence-electron chi connectivity index (χ4n) is 1.92. The molecule has 1 atom stereocenters. The second-order valence-corrected chi connectivity index (χ2v) is 6.35. The highest BCUT2D eigenvalue weighted by Gasteiger charge is 2.12. The lowest BCUT2D eigenvalue weighted by molar-refractivity contribution is 0.414. The van der Waals surface area contributed by atoms with Crippen molar-refractivity contribution in [2.24, 2.45) is 0 Å². The van der Waals surface area contributed by atoms with Gasteiger partial charge in [-0.1, -0.05) is 41.4 Å². The fourth-order valence-corrected chi connectivity index (χ4v) is 2.50. The Morgan fingerprint density at radius 1 is 1.00 bits per heavy atom. The van der Waals surface area contributed by atoms with Crippen molar-refractivity contribution in [1.29, 1.82) is 0 Å². The molecule has 0 aliphatic carbocycles. The van der Waals surface area contributed by atoms with E-state index in [9.17, 15) is 0 Å². The van der Waals surface area contributed by atoms with Crippen molar-refractivity contribution in [3.05, 3.63) is 63.6 Å². The Bertz CT molecular complexity index is 585. The standard InChI is InChI=1S/C14H13BCl2O.C3H9N/c1-18-11-5-2-9(3-6-11)14(15)12-7-4-10(16)8-13(12)17;1-4(2)3/h2-8,14H,15H2,1H3;1-3H3. The minimum atomic E-state index is 0.223. The zero-order chi connectivity index (χ0) is 16.7. The SMILES string of the molecule is BC(c1ccc(OC)cc1)c1ccc(Cl)cc1Cl.CN(C)C. The molecule has 0 radical (unpaired) electrons. The van der Waals surface area contributed by atoms with Crippen LogP contribution in [0.5, 0.6) is 5.75 Å². The minimum absolute atomic E-state index is 0.223. The number of ether oxygens (including phenoxy) is 1. The summed E-state index contributed by atoms with van der Waals surface area (Å²) in [5, 5.41) is 1.36. The van der Waals surface area contributed by atoms with Gasteiger partial charge in [0.2, 0.25) is 0 Å². The van der Waals surface area contributed by atoms with Gasteiger partial charge in [-0.05, 0) is 62.4 Å². The Morgan fingerprint density at radius 2 is 1.55 bits per heavy atom. The number of hydrogen-bond donors (Lipinski definition) is 0. The van der Waals surface area contributed by atoms with Crippen molar-refractivity contribution >= 4 is 31.0 Å². The molecule has 0 spiro atoms. The number of hydrogen-bond acceptors (Lipinski definition) is 2. The molecular weight excluding hydrogens is 316 g/mol. The first kappa shape index (κ1) is 18.9. The molecule has 0 aliphatic rings. The maximum Gasteiger partial charge on any atom is 0.118 e. The van der Waals surface area contributed by atoms with Crippen LogP contribution in [0.25, 0.3) is 0 Å². The minimum Gasteiger partial charge on any atom is -0.497 e. The van der Waals surface area contributed by atoms with Gasteiger partial charge in [0.05, 0.1) is 7.11 Å². The zero-order valence-corrected chi connectivity index (χ0v) is 15.2. The third kappa shape index (κ3) is 5.92. The van der Waals surface area contributed by atoms with E-state index in [0.29, 0.717) is 10.0 Å². The normalized spacial score (nSPS) is 11.6. The molecule has 0 heterocycles. The third-order valence-electron chi connectivity index (χ3n) is 3.04. The van der Waals surface area contributed by atoms with Gasteiger partial charge in [-0.3, -0.25) is 0 Å². The van der Waals surface area contributed by atoms with Gasteiger partial charge in [0.1, 0.15) is 13.6 Å². The smallest absolute Gasteiger partial charge is 0.118 e. The van der Waals surface area contributed by atoms with Gasteiger partial charge < -0.3 is 9.64 Å². The Hall–Kier alpha value is -1.16. The fraction of sp³-hybridized carbons (Fsp3) is 0.294. The van der Waals surface area contributed by atoms with E-state index in [0.717, 1.165) is 11.3 Å². The van der Waals surface area contributed by atoms with Gasteiger partial charge in [-0.25, -0.2) is 0 Å². The van der Waals surface area contributed by atoms with Crippen LogP contribution in [0, 0.1) is 0 Å². The van der Waals surface area contributed by atoms with E-state index >= 15 is 0 Å². The highest BCUT2D eigenvalue weighted by atomic mass is 35.5. The molecular formula is C17H22BCl2NO. The van der Waals surface area contributed by atoms with Crippen molar-refractivity contribution in [3.63, 3.8) is 0 Å². The predicted molar refractivity (Wildman–Crippen MR) is 99.5 cm³/mol. The van der Waals surface area contributed by atoms with E-state index in [4.69, 9.17) is 27.9 Å². The number of rotatable bonds is 3. The topological polar surface area (TPSA) is 12.5 Å². The van der Waals surface area contributed by atoms with E-state index in [1.807, 2.05) is 50.3 Å². The second-order valence-electron chi connectivity index (χ2n) is 5.50. The van der Waals surface area contributed by atoms with Crippen molar-refractivity contribution in [1.82, 2.24) is 4.90 Å². The largest absolute Gasteiger partial charge is 0.497 e. The van der Waals surface area contributed by atoms with Crippen LogP contribution in [0.15, 0.2) is 42.5 Å². The lowest BCUT2D eigenvalue weighted by atomic mass is 9.76. The summed E-state index contributed by atoms with van der Waals surface area (Å²) < 4.78 is 5.15. The molecule has 118 valence electrons. The van der Waals surface area contributed by atoms with Gasteiger partial charge >= 0.3 is 0 Å². The summed E-state index contributed by atoms with van der Waals surface area (Å²) >= 11 is 12.1. The van der Waals surface area contributed by atoms with Crippen LogP contribution in [-0.2, 0) is 0 Å². The van der Waals surface area contributed by atoms with Gasteiger partial charge in [-0.2, -0.15) is 0 Å². The summed E-state index contributed by atoms with van der Waals surface area (Å²) in [5.74, 6) is 1.08. The Morgan fingerprint density at radius 3 is 2.00 bits per heavy atom. The van der Waals surface area contributed by atoms with Crippen LogP contribution >= 0.6 is 23.2 Å². The van der Waals surface area contributed by atoms with Crippen LogP contribution in [0.1, 0.15) is 16.9 Å². The molecule has 2 rings (SSSR count). The van der Waals surface area contributed by atoms with Crippen molar-refractivity contribution < 1.29 is 4.74 Å². The first-order chi connectivity index (χ1) is 10.3. The molecule has 0 saturated carbocycles. The average Bonchev–Trinajstić information content (AvgIpc) is 2.46. The molecule has 0 amide bonds. The zero-order valence-electron chi connectivity index (χ0n) is 13.7. The summed E-state index contributed by atoms with van der Waals surface area (Å²) in [6, 6.07) is 13.6. The molecule has 0 aliphatic heterocycles. The lowest BCUT2D eigenvalue weighted by Crippen LogP contribution is -2.01. The summed E-state index contributed by atoms with van der Waals surface area (Å²) in [7, 11) is 9.78. The number of nitrogens with zero attached hydrogens (tertiary/aromatic N) is 1. The van der Waals surface area contributed by atoms with E-state index in [1.165, 1.54) is 5.56 Å². The first-order valence-electron chi connectivity index (χ1n) is 7.05. The summed E-state index contributed by atoms with van der Waals surface area (Å²) in [4.78, 5) is 2.00. The highest BCUT2D eigenvalue weighted by Crippen LogP contribution is 2.30. The molecule has 0 fully saturated rings. The predicted octanol–water partition coefficient (Wildman–Crippen LogP) is 3.90. The van der Waals surface area contributed by atoms with Crippen LogP contribution in [-0.4, -0.2) is 41.0 Å². The molecule has 0 N–H and O–H groups in total. The summed E-state index contributed by atoms with van der Waals surface area (Å²) in [6.07, 6.45) is 0. The summed E-state index contributed by atoms with van der Waals surface area (Å²) in [6.45, 7) is 0. The van der Waals surface area contributed by atoms with Crippen molar-refractivity contribution in [2.75, 3.05) is 28.3 Å². The van der Waals surface area contributed by atoms with Crippen molar-refractivity contribution in [3.8, 4) is 5.75 Å². The van der Waals surface area contributed by atoms with Gasteiger partial charge in [-0.15, -0.1) is 0 Å². The first-order valence-corrected chi connectivity index (χ1v) is 7.80. The quantitative estimate of drug-likeness (QED) is 0.787. The highest BCUT2D eigenvalue weighted by molar-refractivity contribution is 6.35. The van der Waals surface area contributed by atoms with Crippen LogP contribution in [0.3, 0.4) is 0 Å². The monoisotopic (exact) mass is 337 g/mol. The Kier molecular flexibility index (Phi) is 7.81. The van der Waals surface area contributed by atoms with E-state index in [-0.39, 0.29) is 5.82 Å². The van der Waals surface area contributed by atoms with Crippen LogP contribution in [0.2, 0.25) is 10.0 Å². The molecule has 0 bridgehead atoms. The van der Waals surface area contributed by atoms with E-state index < -0.39 is 0 Å². The molecule has 1 unspecified atom stereocenters. The average molecular weight is 338 g/mol. The van der Waals surface area contributed by atoms with Crippen molar-refractivity contribution in [2.45, 2.75) is 5.82 Å². The molecule has 2 aromatic carbocycles. The van der Waals surface area contributed by atoms with E-state index in [2.05, 4.69) is 20.0 Å².